The summed E-state index contributed by atoms with van der Waals surface area (Å²) < 4.78 is 20.3. The van der Waals surface area contributed by atoms with E-state index in [0.717, 1.165) is 5.56 Å². The summed E-state index contributed by atoms with van der Waals surface area (Å²) in [5.41, 5.74) is 1.34. The Morgan fingerprint density at radius 3 is 2.74 bits per heavy atom. The zero-order chi connectivity index (χ0) is 17.0. The third kappa shape index (κ3) is 3.87. The molecule has 0 spiro atoms. The molecule has 1 heterocycles. The van der Waals surface area contributed by atoms with Gasteiger partial charge in [0.15, 0.2) is 0 Å². The van der Waals surface area contributed by atoms with Crippen LogP contribution >= 0.6 is 0 Å². The first-order valence-electron chi connectivity index (χ1n) is 7.26. The average molecular weight is 320 g/mol. The van der Waals surface area contributed by atoms with Gasteiger partial charge in [0.2, 0.25) is 5.91 Å². The maximum Gasteiger partial charge on any atom is 0.242 e. The van der Waals surface area contributed by atoms with Gasteiger partial charge in [-0.25, -0.2) is 4.39 Å². The second kappa shape index (κ2) is 7.23. The first-order valence-corrected chi connectivity index (χ1v) is 7.26. The molecule has 2 aromatic rings. The van der Waals surface area contributed by atoms with Crippen molar-refractivity contribution in [2.75, 3.05) is 14.2 Å². The lowest BCUT2D eigenvalue weighted by atomic mass is 10.1. The van der Waals surface area contributed by atoms with Gasteiger partial charge < -0.3 is 15.4 Å². The van der Waals surface area contributed by atoms with Crippen molar-refractivity contribution in [1.82, 2.24) is 20.4 Å². The van der Waals surface area contributed by atoms with E-state index in [4.69, 9.17) is 4.74 Å². The lowest BCUT2D eigenvalue weighted by molar-refractivity contribution is -0.123. The van der Waals surface area contributed by atoms with Crippen LogP contribution in [0.1, 0.15) is 30.1 Å². The first kappa shape index (κ1) is 17.0. The molecule has 0 aliphatic heterocycles. The number of carbonyl (C=O) groups is 1. The summed E-state index contributed by atoms with van der Waals surface area (Å²) in [4.78, 5) is 12.5. The molecule has 1 aromatic heterocycles. The van der Waals surface area contributed by atoms with Crippen LogP contribution in [0.3, 0.4) is 0 Å². The van der Waals surface area contributed by atoms with Crippen LogP contribution in [-0.2, 0) is 11.8 Å². The summed E-state index contributed by atoms with van der Waals surface area (Å²) in [5.74, 6) is -0.0692. The summed E-state index contributed by atoms with van der Waals surface area (Å²) in [6, 6.07) is 3.29. The third-order valence-electron chi connectivity index (χ3n) is 3.63. The number of benzene rings is 1. The number of halogens is 1. The molecule has 2 rings (SSSR count). The highest BCUT2D eigenvalue weighted by Gasteiger charge is 2.23. The Morgan fingerprint density at radius 1 is 1.43 bits per heavy atom. The lowest BCUT2D eigenvalue weighted by Crippen LogP contribution is -2.37. The monoisotopic (exact) mass is 320 g/mol. The molecule has 23 heavy (non-hydrogen) atoms. The molecule has 2 atom stereocenters. The van der Waals surface area contributed by atoms with Gasteiger partial charge in [0, 0.05) is 24.4 Å². The Labute approximate surface area is 134 Å². The van der Waals surface area contributed by atoms with E-state index in [2.05, 4.69) is 15.7 Å². The molecule has 0 aliphatic carbocycles. The minimum atomic E-state index is -0.536. The van der Waals surface area contributed by atoms with Crippen LogP contribution < -0.4 is 15.4 Å². The first-order chi connectivity index (χ1) is 11.0. The molecule has 0 saturated carbocycles. The number of ether oxygens (including phenoxy) is 1. The van der Waals surface area contributed by atoms with E-state index < -0.39 is 12.1 Å². The van der Waals surface area contributed by atoms with Crippen LogP contribution in [0.2, 0.25) is 0 Å². The molecule has 1 amide bonds. The van der Waals surface area contributed by atoms with E-state index in [0.29, 0.717) is 11.3 Å². The number of hydrogen-bond acceptors (Lipinski definition) is 4. The number of methoxy groups -OCH3 is 1. The molecule has 2 unspecified atom stereocenters. The molecule has 6 nitrogen and oxygen atoms in total. The van der Waals surface area contributed by atoms with Crippen LogP contribution in [0.5, 0.6) is 5.75 Å². The van der Waals surface area contributed by atoms with Crippen LogP contribution in [0.25, 0.3) is 0 Å². The maximum absolute atomic E-state index is 13.5. The highest BCUT2D eigenvalue weighted by molar-refractivity contribution is 5.83. The molecule has 0 aliphatic rings. The second-order valence-corrected chi connectivity index (χ2v) is 5.29. The number of rotatable bonds is 6. The van der Waals surface area contributed by atoms with Crippen LogP contribution in [0.4, 0.5) is 4.39 Å². The Bertz CT molecular complexity index is 686. The van der Waals surface area contributed by atoms with E-state index in [1.165, 1.54) is 19.2 Å². The Morgan fingerprint density at radius 2 is 2.17 bits per heavy atom. The van der Waals surface area contributed by atoms with Crippen LogP contribution in [-0.4, -0.2) is 29.8 Å². The summed E-state index contributed by atoms with van der Waals surface area (Å²) >= 11 is 0. The van der Waals surface area contributed by atoms with Gasteiger partial charge in [-0.15, -0.1) is 0 Å². The fourth-order valence-electron chi connectivity index (χ4n) is 2.46. The smallest absolute Gasteiger partial charge is 0.242 e. The molecular weight excluding hydrogens is 299 g/mol. The molecular formula is C16H21FN4O2. The minimum absolute atomic E-state index is 0.223. The SMILES string of the molecule is CNC(C(=O)NC(C)c1cc(F)ccc1OC)c1cnn(C)c1. The van der Waals surface area contributed by atoms with Crippen LogP contribution in [0, 0.1) is 5.82 Å². The van der Waals surface area contributed by atoms with Crippen molar-refractivity contribution in [2.24, 2.45) is 7.05 Å². The normalized spacial score (nSPS) is 13.4. The number of nitrogens with zero attached hydrogens (tertiary/aromatic N) is 2. The Balaban J connectivity index is 2.17. The van der Waals surface area contributed by atoms with Gasteiger partial charge in [-0.1, -0.05) is 0 Å². The number of hydrogen-bond donors (Lipinski definition) is 2. The Kier molecular flexibility index (Phi) is 5.33. The number of carbonyl (C=O) groups excluding carboxylic acids is 1. The van der Waals surface area contributed by atoms with Gasteiger partial charge in [-0.05, 0) is 32.2 Å². The second-order valence-electron chi connectivity index (χ2n) is 5.29. The van der Waals surface area contributed by atoms with E-state index in [-0.39, 0.29) is 11.7 Å². The largest absolute Gasteiger partial charge is 0.496 e. The molecule has 0 fully saturated rings. The predicted octanol–water partition coefficient (Wildman–Crippen LogP) is 1.71. The number of nitrogens with one attached hydrogen (secondary N) is 2. The van der Waals surface area contributed by atoms with Gasteiger partial charge in [0.25, 0.3) is 0 Å². The minimum Gasteiger partial charge on any atom is -0.496 e. The van der Waals surface area contributed by atoms with Crippen molar-refractivity contribution < 1.29 is 13.9 Å². The van der Waals surface area contributed by atoms with Crippen molar-refractivity contribution in [3.05, 3.63) is 47.5 Å². The van der Waals surface area contributed by atoms with E-state index >= 15 is 0 Å². The zero-order valence-corrected chi connectivity index (χ0v) is 13.6. The quantitative estimate of drug-likeness (QED) is 0.850. The third-order valence-corrected chi connectivity index (χ3v) is 3.63. The maximum atomic E-state index is 13.5. The zero-order valence-electron chi connectivity index (χ0n) is 13.6. The van der Waals surface area contributed by atoms with Crippen molar-refractivity contribution in [2.45, 2.75) is 19.0 Å². The van der Waals surface area contributed by atoms with Gasteiger partial charge >= 0.3 is 0 Å². The molecule has 0 radical (unpaired) electrons. The van der Waals surface area contributed by atoms with Gasteiger partial charge in [-0.2, -0.15) is 5.10 Å². The van der Waals surface area contributed by atoms with Crippen molar-refractivity contribution >= 4 is 5.91 Å². The number of aromatic nitrogens is 2. The molecule has 124 valence electrons. The fourth-order valence-corrected chi connectivity index (χ4v) is 2.46. The summed E-state index contributed by atoms with van der Waals surface area (Å²) in [6.07, 6.45) is 3.41. The molecule has 1 aromatic carbocycles. The topological polar surface area (TPSA) is 68.2 Å². The lowest BCUT2D eigenvalue weighted by Gasteiger charge is -2.21. The summed E-state index contributed by atoms with van der Waals surface area (Å²) in [5, 5.41) is 9.90. The molecule has 0 bridgehead atoms. The highest BCUT2D eigenvalue weighted by Crippen LogP contribution is 2.26. The predicted molar refractivity (Wildman–Crippen MR) is 84.5 cm³/mol. The average Bonchev–Trinajstić information content (AvgIpc) is 2.94. The summed E-state index contributed by atoms with van der Waals surface area (Å²) in [6.45, 7) is 1.78. The van der Waals surface area contributed by atoms with Gasteiger partial charge in [0.1, 0.15) is 17.6 Å². The molecule has 2 N–H and O–H groups in total. The standard InChI is InChI=1S/C16H21FN4O2/c1-10(13-7-12(17)5-6-14(13)23-4)20-16(22)15(18-2)11-8-19-21(3)9-11/h5-10,15,18H,1-4H3,(H,20,22). The molecule has 7 heteroatoms. The van der Waals surface area contributed by atoms with Crippen LogP contribution in [0.15, 0.2) is 30.6 Å². The number of amides is 1. The number of likely N-dealkylation sites (N-methyl/N-ethyl adjacent to an activating group) is 1. The van der Waals surface area contributed by atoms with Gasteiger partial charge in [0.05, 0.1) is 19.3 Å². The van der Waals surface area contributed by atoms with E-state index in [1.54, 1.807) is 44.2 Å². The van der Waals surface area contributed by atoms with Crippen molar-refractivity contribution in [3.63, 3.8) is 0 Å². The van der Waals surface area contributed by atoms with E-state index in [9.17, 15) is 9.18 Å². The molecule has 0 saturated heterocycles. The Hall–Kier alpha value is -2.41. The van der Waals surface area contributed by atoms with Crippen molar-refractivity contribution in [3.8, 4) is 5.75 Å². The van der Waals surface area contributed by atoms with Gasteiger partial charge in [-0.3, -0.25) is 9.48 Å². The number of aryl methyl sites for hydroxylation is 1. The fraction of sp³-hybridized carbons (Fsp3) is 0.375. The highest BCUT2D eigenvalue weighted by atomic mass is 19.1. The van der Waals surface area contributed by atoms with E-state index in [1.807, 2.05) is 0 Å². The summed E-state index contributed by atoms with van der Waals surface area (Å²) in [7, 11) is 5.00. The van der Waals surface area contributed by atoms with Crippen molar-refractivity contribution in [1.29, 1.82) is 0 Å².